The lowest BCUT2D eigenvalue weighted by molar-refractivity contribution is -0.0458. The molecule has 0 aliphatic carbocycles. The zero-order valence-electron chi connectivity index (χ0n) is 8.94. The Morgan fingerprint density at radius 2 is 1.50 bits per heavy atom. The predicted molar refractivity (Wildman–Crippen MR) is 56.9 cm³/mol. The molecular weight excluding hydrogens is 176 g/mol. The van der Waals surface area contributed by atoms with Gasteiger partial charge in [-0.1, -0.05) is 51.1 Å². The van der Waals surface area contributed by atoms with E-state index in [1.165, 1.54) is 0 Å². The lowest BCUT2D eigenvalue weighted by Gasteiger charge is -2.30. The number of aliphatic hydroxyl groups excluding tert-OH is 2. The summed E-state index contributed by atoms with van der Waals surface area (Å²) in [7, 11) is 0. The lowest BCUT2D eigenvalue weighted by Crippen LogP contribution is -2.32. The average Bonchev–Trinajstić information content (AvgIpc) is 2.15. The summed E-state index contributed by atoms with van der Waals surface area (Å²) >= 11 is 0. The molecule has 1 rings (SSSR count). The second-order valence-corrected chi connectivity index (χ2v) is 4.67. The average molecular weight is 194 g/mol. The number of aliphatic hydroxyl groups is 2. The van der Waals surface area contributed by atoms with E-state index in [-0.39, 0.29) is 5.41 Å². The van der Waals surface area contributed by atoms with E-state index in [0.717, 1.165) is 5.56 Å². The van der Waals surface area contributed by atoms with Crippen LogP contribution in [0, 0.1) is 5.41 Å². The van der Waals surface area contributed by atoms with Gasteiger partial charge < -0.3 is 10.2 Å². The SMILES string of the molecule is CC(C)(C)[C@@H](O)[C@@H](O)c1ccccc1. The third-order valence-corrected chi connectivity index (χ3v) is 2.33. The topological polar surface area (TPSA) is 40.5 Å². The van der Waals surface area contributed by atoms with E-state index in [1.54, 1.807) is 0 Å². The summed E-state index contributed by atoms with van der Waals surface area (Å²) in [5.41, 5.74) is 0.449. The van der Waals surface area contributed by atoms with Gasteiger partial charge in [0.1, 0.15) is 6.10 Å². The minimum absolute atomic E-state index is 0.310. The lowest BCUT2D eigenvalue weighted by atomic mass is 9.84. The first kappa shape index (κ1) is 11.2. The molecular formula is C12H18O2. The summed E-state index contributed by atoms with van der Waals surface area (Å²) in [4.78, 5) is 0. The van der Waals surface area contributed by atoms with E-state index < -0.39 is 12.2 Å². The van der Waals surface area contributed by atoms with Crippen LogP contribution in [0.3, 0.4) is 0 Å². The molecule has 78 valence electrons. The van der Waals surface area contributed by atoms with E-state index in [1.807, 2.05) is 51.1 Å². The first-order chi connectivity index (χ1) is 6.43. The molecule has 0 amide bonds. The number of benzene rings is 1. The highest BCUT2D eigenvalue weighted by atomic mass is 16.3. The van der Waals surface area contributed by atoms with E-state index in [4.69, 9.17) is 0 Å². The number of hydrogen-bond acceptors (Lipinski definition) is 2. The van der Waals surface area contributed by atoms with Crippen molar-refractivity contribution in [3.05, 3.63) is 35.9 Å². The quantitative estimate of drug-likeness (QED) is 0.757. The second kappa shape index (κ2) is 4.11. The van der Waals surface area contributed by atoms with Crippen LogP contribution in [-0.4, -0.2) is 16.3 Å². The highest BCUT2D eigenvalue weighted by molar-refractivity contribution is 5.18. The zero-order valence-corrected chi connectivity index (χ0v) is 8.94. The minimum atomic E-state index is -0.809. The Morgan fingerprint density at radius 1 is 1.00 bits per heavy atom. The molecule has 0 unspecified atom stereocenters. The van der Waals surface area contributed by atoms with Crippen molar-refractivity contribution in [2.45, 2.75) is 33.0 Å². The third kappa shape index (κ3) is 2.56. The van der Waals surface area contributed by atoms with Crippen molar-refractivity contribution in [2.24, 2.45) is 5.41 Å². The van der Waals surface area contributed by atoms with Crippen LogP contribution in [-0.2, 0) is 0 Å². The second-order valence-electron chi connectivity index (χ2n) is 4.67. The maximum atomic E-state index is 9.87. The normalized spacial score (nSPS) is 16.4. The summed E-state index contributed by atoms with van der Waals surface area (Å²) in [6, 6.07) is 9.24. The standard InChI is InChI=1S/C12H18O2/c1-12(2,3)11(14)10(13)9-7-5-4-6-8-9/h4-8,10-11,13-14H,1-3H3/t10-,11-/m0/s1. The highest BCUT2D eigenvalue weighted by Gasteiger charge is 2.29. The fraction of sp³-hybridized carbons (Fsp3) is 0.500. The Labute approximate surface area is 85.2 Å². The molecule has 0 saturated carbocycles. The van der Waals surface area contributed by atoms with Gasteiger partial charge in [0, 0.05) is 0 Å². The van der Waals surface area contributed by atoms with Gasteiger partial charge in [-0.2, -0.15) is 0 Å². The summed E-state index contributed by atoms with van der Waals surface area (Å²) in [5, 5.41) is 19.7. The molecule has 2 heteroatoms. The highest BCUT2D eigenvalue weighted by Crippen LogP contribution is 2.29. The Hall–Kier alpha value is -0.860. The molecule has 0 radical (unpaired) electrons. The first-order valence-electron chi connectivity index (χ1n) is 4.84. The monoisotopic (exact) mass is 194 g/mol. The molecule has 2 N–H and O–H groups in total. The molecule has 2 nitrogen and oxygen atoms in total. The van der Waals surface area contributed by atoms with E-state index in [0.29, 0.717) is 0 Å². The van der Waals surface area contributed by atoms with Crippen molar-refractivity contribution in [1.29, 1.82) is 0 Å². The summed E-state index contributed by atoms with van der Waals surface area (Å²) in [5.74, 6) is 0. The van der Waals surface area contributed by atoms with Crippen molar-refractivity contribution in [1.82, 2.24) is 0 Å². The molecule has 0 spiro atoms. The van der Waals surface area contributed by atoms with Gasteiger partial charge in [0.25, 0.3) is 0 Å². The van der Waals surface area contributed by atoms with Crippen LogP contribution in [0.2, 0.25) is 0 Å². The fourth-order valence-corrected chi connectivity index (χ4v) is 1.31. The van der Waals surface area contributed by atoms with Crippen molar-refractivity contribution in [3.8, 4) is 0 Å². The number of rotatable bonds is 2. The van der Waals surface area contributed by atoms with Crippen molar-refractivity contribution >= 4 is 0 Å². The molecule has 0 saturated heterocycles. The van der Waals surface area contributed by atoms with Crippen LogP contribution in [0.4, 0.5) is 0 Å². The molecule has 1 aromatic carbocycles. The van der Waals surface area contributed by atoms with Crippen LogP contribution < -0.4 is 0 Å². The van der Waals surface area contributed by atoms with Gasteiger partial charge >= 0.3 is 0 Å². The van der Waals surface area contributed by atoms with Crippen LogP contribution in [0.15, 0.2) is 30.3 Å². The van der Waals surface area contributed by atoms with Gasteiger partial charge in [0.05, 0.1) is 6.10 Å². The molecule has 14 heavy (non-hydrogen) atoms. The van der Waals surface area contributed by atoms with E-state index in [2.05, 4.69) is 0 Å². The summed E-state index contributed by atoms with van der Waals surface area (Å²) < 4.78 is 0. The molecule has 0 heterocycles. The molecule has 0 aliphatic heterocycles. The van der Waals surface area contributed by atoms with Gasteiger partial charge in [-0.3, -0.25) is 0 Å². The number of hydrogen-bond donors (Lipinski definition) is 2. The predicted octanol–water partition coefficient (Wildman–Crippen LogP) is 2.13. The Morgan fingerprint density at radius 3 is 1.93 bits per heavy atom. The largest absolute Gasteiger partial charge is 0.390 e. The Balaban J connectivity index is 2.81. The van der Waals surface area contributed by atoms with Gasteiger partial charge in [0.2, 0.25) is 0 Å². The Kier molecular flexibility index (Phi) is 3.29. The Bertz CT molecular complexity index is 274. The molecule has 0 aliphatic rings. The van der Waals surface area contributed by atoms with Gasteiger partial charge in [-0.05, 0) is 11.0 Å². The molecule has 0 fully saturated rings. The van der Waals surface area contributed by atoms with Crippen LogP contribution >= 0.6 is 0 Å². The first-order valence-corrected chi connectivity index (χ1v) is 4.84. The van der Waals surface area contributed by atoms with Gasteiger partial charge in [0.15, 0.2) is 0 Å². The zero-order chi connectivity index (χ0) is 10.8. The molecule has 2 atom stereocenters. The van der Waals surface area contributed by atoms with Crippen LogP contribution in [0.25, 0.3) is 0 Å². The van der Waals surface area contributed by atoms with Crippen LogP contribution in [0.1, 0.15) is 32.4 Å². The summed E-state index contributed by atoms with van der Waals surface area (Å²) in [6.07, 6.45) is -1.55. The van der Waals surface area contributed by atoms with Crippen LogP contribution in [0.5, 0.6) is 0 Å². The maximum absolute atomic E-state index is 9.87. The van der Waals surface area contributed by atoms with Crippen molar-refractivity contribution < 1.29 is 10.2 Å². The van der Waals surface area contributed by atoms with E-state index >= 15 is 0 Å². The van der Waals surface area contributed by atoms with Crippen molar-refractivity contribution in [3.63, 3.8) is 0 Å². The fourth-order valence-electron chi connectivity index (χ4n) is 1.31. The van der Waals surface area contributed by atoms with Crippen molar-refractivity contribution in [2.75, 3.05) is 0 Å². The van der Waals surface area contributed by atoms with Gasteiger partial charge in [-0.25, -0.2) is 0 Å². The summed E-state index contributed by atoms with van der Waals surface area (Å²) in [6.45, 7) is 5.72. The maximum Gasteiger partial charge on any atom is 0.105 e. The van der Waals surface area contributed by atoms with Gasteiger partial charge in [-0.15, -0.1) is 0 Å². The molecule has 0 aromatic heterocycles. The molecule has 0 bridgehead atoms. The molecule has 1 aromatic rings. The third-order valence-electron chi connectivity index (χ3n) is 2.33. The minimum Gasteiger partial charge on any atom is -0.390 e. The smallest absolute Gasteiger partial charge is 0.105 e. The van der Waals surface area contributed by atoms with E-state index in [9.17, 15) is 10.2 Å².